The lowest BCUT2D eigenvalue weighted by atomic mass is 10.2. The fraction of sp³-hybridized carbons (Fsp3) is 0.538. The maximum Gasteiger partial charge on any atom is 0.311 e. The van der Waals surface area contributed by atoms with E-state index in [9.17, 15) is 15.2 Å². The van der Waals surface area contributed by atoms with E-state index in [4.69, 9.17) is 4.74 Å². The summed E-state index contributed by atoms with van der Waals surface area (Å²) < 4.78 is 5.50. The zero-order valence-corrected chi connectivity index (χ0v) is 11.1. The quantitative estimate of drug-likeness (QED) is 0.666. The van der Waals surface area contributed by atoms with Crippen molar-refractivity contribution in [2.24, 2.45) is 0 Å². The van der Waals surface area contributed by atoms with Gasteiger partial charge in [0.05, 0.1) is 17.1 Å². The molecule has 19 heavy (non-hydrogen) atoms. The Kier molecular flexibility index (Phi) is 3.90. The van der Waals surface area contributed by atoms with Gasteiger partial charge in [-0.05, 0) is 26.3 Å². The van der Waals surface area contributed by atoms with Gasteiger partial charge in [-0.3, -0.25) is 10.1 Å². The Balaban J connectivity index is 2.29. The molecule has 1 N–H and O–H groups in total. The van der Waals surface area contributed by atoms with Crippen molar-refractivity contribution >= 4 is 11.4 Å². The molecule has 2 rings (SSSR count). The largest absolute Gasteiger partial charge is 0.484 e. The van der Waals surface area contributed by atoms with Crippen LogP contribution in [0.5, 0.6) is 5.75 Å². The van der Waals surface area contributed by atoms with Crippen LogP contribution in [0, 0.1) is 10.1 Å². The molecular formula is C13H18N2O4. The summed E-state index contributed by atoms with van der Waals surface area (Å²) in [6.45, 7) is 4.96. The number of nitro benzene ring substituents is 1. The summed E-state index contributed by atoms with van der Waals surface area (Å²) >= 11 is 0. The Hall–Kier alpha value is -1.82. The van der Waals surface area contributed by atoms with E-state index in [1.54, 1.807) is 12.1 Å². The average molecular weight is 266 g/mol. The first kappa shape index (κ1) is 13.6. The summed E-state index contributed by atoms with van der Waals surface area (Å²) in [7, 11) is 0. The summed E-state index contributed by atoms with van der Waals surface area (Å²) in [5.41, 5.74) is 0.815. The van der Waals surface area contributed by atoms with Gasteiger partial charge in [0.25, 0.3) is 0 Å². The normalized spacial score (nSPS) is 18.9. The van der Waals surface area contributed by atoms with Gasteiger partial charge in [-0.2, -0.15) is 0 Å². The molecule has 0 spiro atoms. The number of rotatable bonds is 4. The van der Waals surface area contributed by atoms with Gasteiger partial charge in [0.1, 0.15) is 0 Å². The van der Waals surface area contributed by atoms with Crippen LogP contribution in [0.25, 0.3) is 0 Å². The van der Waals surface area contributed by atoms with E-state index < -0.39 is 4.92 Å². The van der Waals surface area contributed by atoms with E-state index in [-0.39, 0.29) is 23.6 Å². The van der Waals surface area contributed by atoms with E-state index in [0.29, 0.717) is 6.54 Å². The second-order valence-corrected chi connectivity index (χ2v) is 4.96. The van der Waals surface area contributed by atoms with Crippen molar-refractivity contribution in [2.75, 3.05) is 18.0 Å². The van der Waals surface area contributed by atoms with E-state index in [1.165, 1.54) is 6.07 Å². The van der Waals surface area contributed by atoms with Crippen LogP contribution in [0.15, 0.2) is 18.2 Å². The first-order valence-corrected chi connectivity index (χ1v) is 6.35. The van der Waals surface area contributed by atoms with Crippen LogP contribution >= 0.6 is 0 Å². The topological polar surface area (TPSA) is 75.8 Å². The predicted molar refractivity (Wildman–Crippen MR) is 71.7 cm³/mol. The molecule has 1 heterocycles. The molecule has 1 saturated heterocycles. The third-order valence-electron chi connectivity index (χ3n) is 3.03. The number of nitro groups is 1. The third-order valence-corrected chi connectivity index (χ3v) is 3.03. The minimum absolute atomic E-state index is 0.0304. The number of anilines is 1. The number of hydrogen-bond donors (Lipinski definition) is 1. The molecule has 6 nitrogen and oxygen atoms in total. The average Bonchev–Trinajstić information content (AvgIpc) is 2.74. The lowest BCUT2D eigenvalue weighted by Gasteiger charge is -2.19. The molecule has 6 heteroatoms. The first-order valence-electron chi connectivity index (χ1n) is 6.35. The SMILES string of the molecule is CC(C)Oc1cc(N2CCC(O)C2)ccc1[N+](=O)[O-]. The molecule has 1 fully saturated rings. The number of benzene rings is 1. The zero-order valence-electron chi connectivity index (χ0n) is 11.1. The zero-order chi connectivity index (χ0) is 14.0. The third kappa shape index (κ3) is 3.14. The molecule has 0 radical (unpaired) electrons. The van der Waals surface area contributed by atoms with Crippen LogP contribution in [0.4, 0.5) is 11.4 Å². The second kappa shape index (κ2) is 5.44. The Morgan fingerprint density at radius 3 is 2.79 bits per heavy atom. The summed E-state index contributed by atoms with van der Waals surface area (Å²) in [4.78, 5) is 12.5. The van der Waals surface area contributed by atoms with Gasteiger partial charge < -0.3 is 14.7 Å². The van der Waals surface area contributed by atoms with Gasteiger partial charge in [0, 0.05) is 30.9 Å². The highest BCUT2D eigenvalue weighted by atomic mass is 16.6. The molecule has 1 aliphatic rings. The lowest BCUT2D eigenvalue weighted by molar-refractivity contribution is -0.386. The van der Waals surface area contributed by atoms with Gasteiger partial charge in [0.15, 0.2) is 5.75 Å². The van der Waals surface area contributed by atoms with Gasteiger partial charge in [-0.25, -0.2) is 0 Å². The van der Waals surface area contributed by atoms with Crippen LogP contribution in [-0.2, 0) is 0 Å². The molecule has 0 amide bonds. The standard InChI is InChI=1S/C13H18N2O4/c1-9(2)19-13-7-10(3-4-12(13)15(17)18)14-6-5-11(16)8-14/h3-4,7,9,11,16H,5-6,8H2,1-2H3. The molecule has 1 aromatic rings. The highest BCUT2D eigenvalue weighted by Crippen LogP contribution is 2.33. The number of β-amino-alcohol motifs (C(OH)–C–C–N with tert-alkyl or cyclic N) is 1. The number of nitrogens with zero attached hydrogens (tertiary/aromatic N) is 2. The Morgan fingerprint density at radius 1 is 1.53 bits per heavy atom. The monoisotopic (exact) mass is 266 g/mol. The number of aliphatic hydroxyl groups is 1. The fourth-order valence-electron chi connectivity index (χ4n) is 2.18. The van der Waals surface area contributed by atoms with E-state index in [2.05, 4.69) is 0 Å². The molecule has 0 bridgehead atoms. The maximum atomic E-state index is 11.0. The van der Waals surface area contributed by atoms with Gasteiger partial charge >= 0.3 is 5.69 Å². The number of ether oxygens (including phenoxy) is 1. The smallest absolute Gasteiger partial charge is 0.311 e. The highest BCUT2D eigenvalue weighted by molar-refractivity contribution is 5.59. The first-order chi connectivity index (χ1) is 8.97. The van der Waals surface area contributed by atoms with Crippen molar-refractivity contribution in [3.8, 4) is 5.75 Å². The highest BCUT2D eigenvalue weighted by Gasteiger charge is 2.23. The minimum Gasteiger partial charge on any atom is -0.484 e. The van der Waals surface area contributed by atoms with Crippen LogP contribution in [0.2, 0.25) is 0 Å². The van der Waals surface area contributed by atoms with Gasteiger partial charge in [-0.1, -0.05) is 0 Å². The van der Waals surface area contributed by atoms with Crippen molar-refractivity contribution in [3.63, 3.8) is 0 Å². The van der Waals surface area contributed by atoms with Crippen molar-refractivity contribution in [3.05, 3.63) is 28.3 Å². The van der Waals surface area contributed by atoms with E-state index in [0.717, 1.165) is 18.7 Å². The molecular weight excluding hydrogens is 248 g/mol. The van der Waals surface area contributed by atoms with E-state index in [1.807, 2.05) is 18.7 Å². The Labute approximate surface area is 111 Å². The van der Waals surface area contributed by atoms with Crippen molar-refractivity contribution in [1.82, 2.24) is 0 Å². The van der Waals surface area contributed by atoms with Crippen LogP contribution in [0.1, 0.15) is 20.3 Å². The molecule has 0 aromatic heterocycles. The van der Waals surface area contributed by atoms with Gasteiger partial charge in [-0.15, -0.1) is 0 Å². The number of aliphatic hydroxyl groups excluding tert-OH is 1. The molecule has 1 unspecified atom stereocenters. The Morgan fingerprint density at radius 2 is 2.26 bits per heavy atom. The van der Waals surface area contributed by atoms with Crippen LogP contribution < -0.4 is 9.64 Å². The molecule has 104 valence electrons. The molecule has 1 aromatic carbocycles. The lowest BCUT2D eigenvalue weighted by Crippen LogP contribution is -2.21. The van der Waals surface area contributed by atoms with Crippen molar-refractivity contribution in [2.45, 2.75) is 32.5 Å². The van der Waals surface area contributed by atoms with Gasteiger partial charge in [0.2, 0.25) is 0 Å². The fourth-order valence-corrected chi connectivity index (χ4v) is 2.18. The van der Waals surface area contributed by atoms with Crippen molar-refractivity contribution < 1.29 is 14.8 Å². The summed E-state index contributed by atoms with van der Waals surface area (Å²) in [5, 5.41) is 20.5. The Bertz CT molecular complexity index is 476. The number of hydrogen-bond acceptors (Lipinski definition) is 5. The van der Waals surface area contributed by atoms with E-state index >= 15 is 0 Å². The molecule has 1 atom stereocenters. The summed E-state index contributed by atoms with van der Waals surface area (Å²) in [6.07, 6.45) is 0.264. The molecule has 1 aliphatic heterocycles. The maximum absolute atomic E-state index is 11.0. The second-order valence-electron chi connectivity index (χ2n) is 4.96. The predicted octanol–water partition coefficient (Wildman–Crippen LogP) is 1.95. The molecule has 0 aliphatic carbocycles. The molecule has 0 saturated carbocycles. The minimum atomic E-state index is -0.444. The van der Waals surface area contributed by atoms with Crippen molar-refractivity contribution in [1.29, 1.82) is 0 Å². The van der Waals surface area contributed by atoms with Crippen LogP contribution in [0.3, 0.4) is 0 Å². The summed E-state index contributed by atoms with van der Waals surface area (Å²) in [6, 6.07) is 4.83. The van der Waals surface area contributed by atoms with Crippen LogP contribution in [-0.4, -0.2) is 35.3 Å². The summed E-state index contributed by atoms with van der Waals surface area (Å²) in [5.74, 6) is 0.277.